The van der Waals surface area contributed by atoms with E-state index in [4.69, 9.17) is 4.74 Å². The molecule has 2 amide bonds. The lowest BCUT2D eigenvalue weighted by molar-refractivity contribution is -0.130. The molecule has 7 nitrogen and oxygen atoms in total. The Labute approximate surface area is 138 Å². The van der Waals surface area contributed by atoms with Gasteiger partial charge in [0.1, 0.15) is 6.10 Å². The van der Waals surface area contributed by atoms with E-state index in [1.54, 1.807) is 0 Å². The molecule has 1 saturated carbocycles. The third kappa shape index (κ3) is 2.94. The maximum Gasteiger partial charge on any atom is 0.290 e. The van der Waals surface area contributed by atoms with Crippen molar-refractivity contribution in [2.24, 2.45) is 0 Å². The molecule has 2 N–H and O–H groups in total. The minimum atomic E-state index is -0.490. The zero-order chi connectivity index (χ0) is 16.5. The maximum absolute atomic E-state index is 12.5. The minimum Gasteiger partial charge on any atom is -0.368 e. The molecule has 1 aliphatic heterocycles. The van der Waals surface area contributed by atoms with E-state index in [0.717, 1.165) is 24.8 Å². The lowest BCUT2D eigenvalue weighted by atomic mass is 10.2. The molecule has 1 aromatic heterocycles. The first kappa shape index (κ1) is 15.0. The molecule has 1 aromatic carbocycles. The number of hydrogen-bond acceptors (Lipinski definition) is 5. The largest absolute Gasteiger partial charge is 0.368 e. The lowest BCUT2D eigenvalue weighted by Crippen LogP contribution is -2.46. The van der Waals surface area contributed by atoms with Crippen LogP contribution < -0.4 is 10.9 Å². The summed E-state index contributed by atoms with van der Waals surface area (Å²) in [6.45, 7) is 0.577. The summed E-state index contributed by atoms with van der Waals surface area (Å²) in [6, 6.07) is 7.46. The van der Waals surface area contributed by atoms with Gasteiger partial charge in [-0.2, -0.15) is 0 Å². The second-order valence-electron chi connectivity index (χ2n) is 6.17. The Balaban J connectivity index is 1.54. The third-order valence-corrected chi connectivity index (χ3v) is 4.30. The number of benzene rings is 1. The smallest absolute Gasteiger partial charge is 0.290 e. The topological polar surface area (TPSA) is 93.2 Å². The van der Waals surface area contributed by atoms with Crippen LogP contribution in [0.15, 0.2) is 24.3 Å². The number of nitrogens with zero attached hydrogens (tertiary/aromatic N) is 2. The van der Waals surface area contributed by atoms with Gasteiger partial charge in [0.25, 0.3) is 11.8 Å². The van der Waals surface area contributed by atoms with Crippen molar-refractivity contribution < 1.29 is 14.3 Å². The van der Waals surface area contributed by atoms with E-state index in [-0.39, 0.29) is 17.5 Å². The predicted molar refractivity (Wildman–Crippen MR) is 86.1 cm³/mol. The van der Waals surface area contributed by atoms with Gasteiger partial charge in [0.05, 0.1) is 16.7 Å². The number of rotatable bonds is 3. The van der Waals surface area contributed by atoms with Crippen LogP contribution in [0.3, 0.4) is 0 Å². The molecule has 1 saturated heterocycles. The predicted octanol–water partition coefficient (Wildman–Crippen LogP) is 1.45. The molecule has 4 rings (SSSR count). The molecule has 124 valence electrons. The van der Waals surface area contributed by atoms with Gasteiger partial charge in [0, 0.05) is 12.5 Å². The molecular formula is C17H18N4O3. The summed E-state index contributed by atoms with van der Waals surface area (Å²) < 4.78 is 5.29. The van der Waals surface area contributed by atoms with E-state index in [9.17, 15) is 9.59 Å². The van der Waals surface area contributed by atoms with E-state index in [1.807, 2.05) is 24.3 Å². The summed E-state index contributed by atoms with van der Waals surface area (Å²) in [4.78, 5) is 33.5. The molecule has 0 unspecified atom stereocenters. The van der Waals surface area contributed by atoms with Gasteiger partial charge >= 0.3 is 0 Å². The first-order valence-electron chi connectivity index (χ1n) is 8.21. The van der Waals surface area contributed by atoms with Crippen molar-refractivity contribution in [2.75, 3.05) is 6.61 Å². The summed E-state index contributed by atoms with van der Waals surface area (Å²) in [5, 5.41) is 0. The van der Waals surface area contributed by atoms with Gasteiger partial charge in [-0.05, 0) is 37.8 Å². The van der Waals surface area contributed by atoms with E-state index in [1.165, 1.54) is 0 Å². The Morgan fingerprint density at radius 3 is 2.46 bits per heavy atom. The highest BCUT2D eigenvalue weighted by Crippen LogP contribution is 2.40. The van der Waals surface area contributed by atoms with Crippen molar-refractivity contribution in [1.82, 2.24) is 20.8 Å². The van der Waals surface area contributed by atoms with Gasteiger partial charge in [-0.3, -0.25) is 20.4 Å². The molecule has 1 atom stereocenters. The van der Waals surface area contributed by atoms with Crippen LogP contribution in [0.1, 0.15) is 47.8 Å². The normalized spacial score (nSPS) is 20.1. The zero-order valence-electron chi connectivity index (χ0n) is 13.1. The minimum absolute atomic E-state index is 0.275. The van der Waals surface area contributed by atoms with E-state index in [0.29, 0.717) is 24.2 Å². The second-order valence-corrected chi connectivity index (χ2v) is 6.17. The molecule has 24 heavy (non-hydrogen) atoms. The number of hydrogen-bond donors (Lipinski definition) is 2. The van der Waals surface area contributed by atoms with Crippen LogP contribution in [0, 0.1) is 0 Å². The average Bonchev–Trinajstić information content (AvgIpc) is 3.31. The first-order valence-corrected chi connectivity index (χ1v) is 8.21. The summed E-state index contributed by atoms with van der Waals surface area (Å²) >= 11 is 0. The lowest BCUT2D eigenvalue weighted by Gasteiger charge is -2.13. The fraction of sp³-hybridized carbons (Fsp3) is 0.412. The van der Waals surface area contributed by atoms with Crippen molar-refractivity contribution in [2.45, 2.75) is 37.7 Å². The number of carbonyl (C=O) groups is 2. The van der Waals surface area contributed by atoms with Gasteiger partial charge in [-0.1, -0.05) is 12.1 Å². The summed E-state index contributed by atoms with van der Waals surface area (Å²) in [5.41, 5.74) is 7.30. The standard InChI is InChI=1S/C17H18N4O3/c22-16(13-6-3-9-24-13)20-21-17(23)15-14(10-7-8-10)18-11-4-1-2-5-12(11)19-15/h1-2,4-5,10,13H,3,6-9H2,(H,20,22)(H,21,23)/t13-/m0/s1. The number of hydrazine groups is 1. The van der Waals surface area contributed by atoms with Gasteiger partial charge in [0.2, 0.25) is 0 Å². The number of ether oxygens (including phenoxy) is 1. The van der Waals surface area contributed by atoms with Crippen LogP contribution in [0.4, 0.5) is 0 Å². The van der Waals surface area contributed by atoms with Gasteiger partial charge in [0.15, 0.2) is 5.69 Å². The first-order chi connectivity index (χ1) is 11.7. The zero-order valence-corrected chi connectivity index (χ0v) is 13.1. The molecule has 7 heteroatoms. The van der Waals surface area contributed by atoms with Crippen molar-refractivity contribution in [3.8, 4) is 0 Å². The Kier molecular flexibility index (Phi) is 3.86. The summed E-state index contributed by atoms with van der Waals surface area (Å²) in [6.07, 6.45) is 3.06. The van der Waals surface area contributed by atoms with Crippen molar-refractivity contribution in [1.29, 1.82) is 0 Å². The van der Waals surface area contributed by atoms with Crippen LogP contribution in [0.25, 0.3) is 11.0 Å². The van der Waals surface area contributed by atoms with Crippen LogP contribution >= 0.6 is 0 Å². The molecule has 0 spiro atoms. The van der Waals surface area contributed by atoms with Crippen molar-refractivity contribution >= 4 is 22.8 Å². The highest BCUT2D eigenvalue weighted by Gasteiger charge is 2.31. The molecule has 2 aromatic rings. The van der Waals surface area contributed by atoms with Gasteiger partial charge in [-0.15, -0.1) is 0 Å². The van der Waals surface area contributed by atoms with E-state index < -0.39 is 12.0 Å². The van der Waals surface area contributed by atoms with Crippen LogP contribution in [0.2, 0.25) is 0 Å². The Hall–Kier alpha value is -2.54. The molecule has 0 radical (unpaired) electrons. The number of fused-ring (bicyclic) bond motifs is 1. The Bertz CT molecular complexity index is 798. The summed E-state index contributed by atoms with van der Waals surface area (Å²) in [5.74, 6) is -0.499. The van der Waals surface area contributed by atoms with E-state index >= 15 is 0 Å². The average molecular weight is 326 g/mol. The van der Waals surface area contributed by atoms with Crippen LogP contribution in [0.5, 0.6) is 0 Å². The van der Waals surface area contributed by atoms with Crippen molar-refractivity contribution in [3.63, 3.8) is 0 Å². The second kappa shape index (κ2) is 6.16. The number of amides is 2. The highest BCUT2D eigenvalue weighted by molar-refractivity contribution is 5.96. The molecule has 1 aliphatic carbocycles. The SMILES string of the molecule is O=C(NNC(=O)[C@@H]1CCCO1)c1nc2ccccc2nc1C1CC1. The van der Waals surface area contributed by atoms with Gasteiger partial charge < -0.3 is 4.74 Å². The Morgan fingerprint density at radius 2 is 1.79 bits per heavy atom. The fourth-order valence-electron chi connectivity index (χ4n) is 2.86. The molecule has 2 fully saturated rings. The number of nitrogens with one attached hydrogen (secondary N) is 2. The Morgan fingerprint density at radius 1 is 1.04 bits per heavy atom. The van der Waals surface area contributed by atoms with Crippen LogP contribution in [-0.4, -0.2) is 34.5 Å². The number of carbonyl (C=O) groups excluding carboxylic acids is 2. The van der Waals surface area contributed by atoms with Crippen molar-refractivity contribution in [3.05, 3.63) is 35.7 Å². The number of aromatic nitrogens is 2. The molecule has 0 bridgehead atoms. The number of para-hydroxylation sites is 2. The molecule has 2 heterocycles. The monoisotopic (exact) mass is 326 g/mol. The maximum atomic E-state index is 12.5. The fourth-order valence-corrected chi connectivity index (χ4v) is 2.86. The molecular weight excluding hydrogens is 308 g/mol. The third-order valence-electron chi connectivity index (χ3n) is 4.30. The highest BCUT2D eigenvalue weighted by atomic mass is 16.5. The molecule has 2 aliphatic rings. The summed E-state index contributed by atoms with van der Waals surface area (Å²) in [7, 11) is 0. The quantitative estimate of drug-likeness (QED) is 0.833. The van der Waals surface area contributed by atoms with E-state index in [2.05, 4.69) is 20.8 Å². The van der Waals surface area contributed by atoms with Crippen LogP contribution in [-0.2, 0) is 9.53 Å². The van der Waals surface area contributed by atoms with Gasteiger partial charge in [-0.25, -0.2) is 9.97 Å².